The number of carbonyl (C=O) groups is 1. The van der Waals surface area contributed by atoms with Gasteiger partial charge in [-0.1, -0.05) is 0 Å². The fourth-order valence-corrected chi connectivity index (χ4v) is 2.94. The molecule has 0 fully saturated rings. The van der Waals surface area contributed by atoms with Gasteiger partial charge in [0.15, 0.2) is 0 Å². The summed E-state index contributed by atoms with van der Waals surface area (Å²) in [7, 11) is -1.13. The molecule has 2 rings (SSSR count). The second kappa shape index (κ2) is 6.66. The molecule has 5 nitrogen and oxygen atoms in total. The molecule has 0 saturated carbocycles. The van der Waals surface area contributed by atoms with Gasteiger partial charge in [-0.25, -0.2) is 21.5 Å². The lowest BCUT2D eigenvalue weighted by molar-refractivity contribution is 0.102. The summed E-state index contributed by atoms with van der Waals surface area (Å²) in [6, 6.07) is 6.71. The van der Waals surface area contributed by atoms with Crippen molar-refractivity contribution in [3.05, 3.63) is 59.2 Å². The van der Waals surface area contributed by atoms with Crippen LogP contribution in [0.1, 0.15) is 15.9 Å². The largest absolute Gasteiger partial charge is 0.322 e. The van der Waals surface area contributed by atoms with E-state index in [9.17, 15) is 22.0 Å². The molecule has 0 aliphatic heterocycles. The Bertz CT molecular complexity index is 896. The highest BCUT2D eigenvalue weighted by molar-refractivity contribution is 7.89. The van der Waals surface area contributed by atoms with Gasteiger partial charge in [0, 0.05) is 19.8 Å². The molecule has 0 bridgehead atoms. The van der Waals surface area contributed by atoms with E-state index in [1.54, 1.807) is 6.92 Å². The minimum Gasteiger partial charge on any atom is -0.322 e. The Kier molecular flexibility index (Phi) is 5.00. The topological polar surface area (TPSA) is 66.5 Å². The third-order valence-electron chi connectivity index (χ3n) is 3.40. The molecule has 1 amide bonds. The molecule has 0 aliphatic rings. The number of amides is 1. The highest BCUT2D eigenvalue weighted by Crippen LogP contribution is 2.21. The van der Waals surface area contributed by atoms with Crippen molar-refractivity contribution < 1.29 is 22.0 Å². The average Bonchev–Trinajstić information content (AvgIpc) is 2.50. The lowest BCUT2D eigenvalue weighted by Gasteiger charge is -2.13. The average molecular weight is 354 g/mol. The van der Waals surface area contributed by atoms with Crippen molar-refractivity contribution in [2.75, 3.05) is 19.4 Å². The van der Waals surface area contributed by atoms with Crippen molar-refractivity contribution in [1.29, 1.82) is 0 Å². The maximum atomic E-state index is 13.9. The van der Waals surface area contributed by atoms with E-state index >= 15 is 0 Å². The number of benzene rings is 2. The fourth-order valence-electron chi connectivity index (χ4n) is 2.01. The number of hydrogen-bond acceptors (Lipinski definition) is 3. The molecule has 0 heterocycles. The maximum absolute atomic E-state index is 13.9. The van der Waals surface area contributed by atoms with E-state index in [1.165, 1.54) is 26.2 Å². The van der Waals surface area contributed by atoms with Crippen LogP contribution in [-0.2, 0) is 10.0 Å². The standard InChI is InChI=1S/C16H16F2N2O3S/c1-10-8-11(17)4-7-15(10)19-16(21)13-9-12(5-6-14(13)18)24(22,23)20(2)3/h4-9H,1-3H3,(H,19,21). The normalized spacial score (nSPS) is 11.6. The predicted octanol–water partition coefficient (Wildman–Crippen LogP) is 2.78. The third kappa shape index (κ3) is 3.60. The Hall–Kier alpha value is -2.32. The minimum absolute atomic E-state index is 0.199. The van der Waals surface area contributed by atoms with Crippen LogP contribution in [0.3, 0.4) is 0 Å². The Morgan fingerprint density at radius 2 is 1.75 bits per heavy atom. The van der Waals surface area contributed by atoms with Crippen molar-refractivity contribution in [3.8, 4) is 0 Å². The first-order chi connectivity index (χ1) is 11.1. The van der Waals surface area contributed by atoms with Crippen molar-refractivity contribution in [2.45, 2.75) is 11.8 Å². The summed E-state index contributed by atoms with van der Waals surface area (Å²) in [5.74, 6) is -2.14. The van der Waals surface area contributed by atoms with Gasteiger partial charge in [0.05, 0.1) is 10.5 Å². The minimum atomic E-state index is -3.80. The zero-order valence-corrected chi connectivity index (χ0v) is 14.1. The summed E-state index contributed by atoms with van der Waals surface area (Å²) in [5.41, 5.74) is 0.351. The molecular weight excluding hydrogens is 338 g/mol. The van der Waals surface area contributed by atoms with Crippen molar-refractivity contribution >= 4 is 21.6 Å². The van der Waals surface area contributed by atoms with E-state index in [4.69, 9.17) is 0 Å². The molecule has 0 saturated heterocycles. The van der Waals surface area contributed by atoms with Crippen LogP contribution in [0.5, 0.6) is 0 Å². The molecule has 24 heavy (non-hydrogen) atoms. The molecule has 8 heteroatoms. The number of anilines is 1. The van der Waals surface area contributed by atoms with E-state index in [0.29, 0.717) is 11.3 Å². The van der Waals surface area contributed by atoms with Crippen LogP contribution in [0.15, 0.2) is 41.3 Å². The quantitative estimate of drug-likeness (QED) is 0.918. The number of sulfonamides is 1. The summed E-state index contributed by atoms with van der Waals surface area (Å²) in [6.07, 6.45) is 0. The van der Waals surface area contributed by atoms with Gasteiger partial charge < -0.3 is 5.32 Å². The summed E-state index contributed by atoms with van der Waals surface area (Å²) < 4.78 is 52.2. The van der Waals surface area contributed by atoms with Gasteiger partial charge in [0.1, 0.15) is 11.6 Å². The molecule has 1 N–H and O–H groups in total. The van der Waals surface area contributed by atoms with Gasteiger partial charge in [0.2, 0.25) is 10.0 Å². The molecule has 0 aliphatic carbocycles. The molecular formula is C16H16F2N2O3S. The van der Waals surface area contributed by atoms with Crippen LogP contribution < -0.4 is 5.32 Å². The predicted molar refractivity (Wildman–Crippen MR) is 86.4 cm³/mol. The van der Waals surface area contributed by atoms with Gasteiger partial charge in [0.25, 0.3) is 5.91 Å². The number of hydrogen-bond donors (Lipinski definition) is 1. The Morgan fingerprint density at radius 1 is 1.08 bits per heavy atom. The van der Waals surface area contributed by atoms with Crippen LogP contribution in [0, 0.1) is 18.6 Å². The summed E-state index contributed by atoms with van der Waals surface area (Å²) >= 11 is 0. The smallest absolute Gasteiger partial charge is 0.258 e. The van der Waals surface area contributed by atoms with E-state index in [1.807, 2.05) is 0 Å². The summed E-state index contributed by atoms with van der Waals surface area (Å²) in [5, 5.41) is 2.45. The number of aryl methyl sites for hydroxylation is 1. The van der Waals surface area contributed by atoms with Gasteiger partial charge >= 0.3 is 0 Å². The second-order valence-corrected chi connectivity index (χ2v) is 7.49. The Balaban J connectivity index is 2.39. The molecule has 2 aromatic carbocycles. The van der Waals surface area contributed by atoms with Crippen molar-refractivity contribution in [3.63, 3.8) is 0 Å². The van der Waals surface area contributed by atoms with Gasteiger partial charge in [-0.3, -0.25) is 4.79 Å². The zero-order chi connectivity index (χ0) is 18.1. The number of nitrogens with one attached hydrogen (secondary N) is 1. The van der Waals surface area contributed by atoms with E-state index in [2.05, 4.69) is 5.32 Å². The first kappa shape index (κ1) is 18.0. The maximum Gasteiger partial charge on any atom is 0.258 e. The zero-order valence-electron chi connectivity index (χ0n) is 13.3. The molecule has 128 valence electrons. The first-order valence-electron chi connectivity index (χ1n) is 6.92. The highest BCUT2D eigenvalue weighted by Gasteiger charge is 2.21. The number of halogens is 2. The van der Waals surface area contributed by atoms with E-state index in [0.717, 1.165) is 28.6 Å². The van der Waals surface area contributed by atoms with E-state index in [-0.39, 0.29) is 4.90 Å². The third-order valence-corrected chi connectivity index (χ3v) is 5.21. The van der Waals surface area contributed by atoms with Crippen LogP contribution in [0.25, 0.3) is 0 Å². The molecule has 0 unspecified atom stereocenters. The molecule has 0 atom stereocenters. The molecule has 0 radical (unpaired) electrons. The monoisotopic (exact) mass is 354 g/mol. The fraction of sp³-hybridized carbons (Fsp3) is 0.188. The van der Waals surface area contributed by atoms with Crippen molar-refractivity contribution in [2.24, 2.45) is 0 Å². The lowest BCUT2D eigenvalue weighted by atomic mass is 10.1. The van der Waals surface area contributed by atoms with Gasteiger partial charge in [-0.05, 0) is 48.9 Å². The molecule has 0 spiro atoms. The SMILES string of the molecule is Cc1cc(F)ccc1NC(=O)c1cc(S(=O)(=O)N(C)C)ccc1F. The van der Waals surface area contributed by atoms with E-state index < -0.39 is 33.1 Å². The van der Waals surface area contributed by atoms with Crippen LogP contribution >= 0.6 is 0 Å². The first-order valence-corrected chi connectivity index (χ1v) is 8.36. The Labute approximate surface area is 139 Å². The van der Waals surface area contributed by atoms with Gasteiger partial charge in [-0.2, -0.15) is 0 Å². The number of nitrogens with zero attached hydrogens (tertiary/aromatic N) is 1. The molecule has 0 aromatic heterocycles. The molecule has 2 aromatic rings. The number of carbonyl (C=O) groups excluding carboxylic acids is 1. The van der Waals surface area contributed by atoms with Crippen molar-refractivity contribution in [1.82, 2.24) is 4.31 Å². The highest BCUT2D eigenvalue weighted by atomic mass is 32.2. The lowest BCUT2D eigenvalue weighted by Crippen LogP contribution is -2.23. The van der Waals surface area contributed by atoms with Crippen LogP contribution in [0.4, 0.5) is 14.5 Å². The second-order valence-electron chi connectivity index (χ2n) is 5.34. The number of rotatable bonds is 4. The van der Waals surface area contributed by atoms with Gasteiger partial charge in [-0.15, -0.1) is 0 Å². The van der Waals surface area contributed by atoms with Crippen LogP contribution in [-0.4, -0.2) is 32.7 Å². The summed E-state index contributed by atoms with van der Waals surface area (Å²) in [4.78, 5) is 12.1. The van der Waals surface area contributed by atoms with Crippen LogP contribution in [0.2, 0.25) is 0 Å². The summed E-state index contributed by atoms with van der Waals surface area (Å²) in [6.45, 7) is 1.59. The Morgan fingerprint density at radius 3 is 2.33 bits per heavy atom.